The van der Waals surface area contributed by atoms with Gasteiger partial charge in [-0.05, 0) is 53.4 Å². The van der Waals surface area contributed by atoms with E-state index in [4.69, 9.17) is 0 Å². The number of benzene rings is 2. The van der Waals surface area contributed by atoms with Gasteiger partial charge in [0.25, 0.3) is 5.91 Å². The fourth-order valence-corrected chi connectivity index (χ4v) is 4.99. The van der Waals surface area contributed by atoms with E-state index in [0.29, 0.717) is 10.6 Å². The molecule has 0 bridgehead atoms. The Morgan fingerprint density at radius 2 is 1.79 bits per heavy atom. The van der Waals surface area contributed by atoms with Gasteiger partial charge in [-0.15, -0.1) is 23.1 Å². The standard InChI is InChI=1S/C22H21N3O2S2/c1-24(2)17-9-11-18(12-10-17)25-20(26)14-29-22(25)15-5-7-16(8-6-15)23-21(27)19-4-3-13-28-19/h3-13,22H,14H2,1-2H3,(H,23,27)/t22-/m0/s1. The lowest BCUT2D eigenvalue weighted by Gasteiger charge is -2.25. The number of anilines is 3. The number of nitrogens with zero attached hydrogens (tertiary/aromatic N) is 2. The largest absolute Gasteiger partial charge is 0.378 e. The highest BCUT2D eigenvalue weighted by Gasteiger charge is 2.34. The lowest BCUT2D eigenvalue weighted by molar-refractivity contribution is -0.115. The number of rotatable bonds is 5. The molecule has 7 heteroatoms. The van der Waals surface area contributed by atoms with Crippen LogP contribution in [0.3, 0.4) is 0 Å². The van der Waals surface area contributed by atoms with Gasteiger partial charge in [-0.1, -0.05) is 18.2 Å². The third kappa shape index (κ3) is 4.16. The highest BCUT2D eigenvalue weighted by atomic mass is 32.2. The third-order valence-corrected chi connectivity index (χ3v) is 6.79. The smallest absolute Gasteiger partial charge is 0.265 e. The molecule has 0 spiro atoms. The molecule has 4 rings (SSSR count). The summed E-state index contributed by atoms with van der Waals surface area (Å²) in [5.41, 5.74) is 3.76. The van der Waals surface area contributed by atoms with Crippen LogP contribution in [0.4, 0.5) is 17.1 Å². The molecule has 1 atom stereocenters. The predicted octanol–water partition coefficient (Wildman–Crippen LogP) is 4.85. The lowest BCUT2D eigenvalue weighted by Crippen LogP contribution is -2.27. The Kier molecular flexibility index (Phi) is 5.60. The molecule has 2 heterocycles. The fraction of sp³-hybridized carbons (Fsp3) is 0.182. The predicted molar refractivity (Wildman–Crippen MR) is 122 cm³/mol. The Balaban J connectivity index is 1.52. The topological polar surface area (TPSA) is 52.6 Å². The average molecular weight is 424 g/mol. The van der Waals surface area contributed by atoms with E-state index in [2.05, 4.69) is 5.32 Å². The second kappa shape index (κ2) is 8.31. The molecule has 5 nitrogen and oxygen atoms in total. The van der Waals surface area contributed by atoms with Crippen LogP contribution in [-0.4, -0.2) is 31.7 Å². The van der Waals surface area contributed by atoms with Crippen molar-refractivity contribution in [2.24, 2.45) is 0 Å². The first-order valence-corrected chi connectivity index (χ1v) is 11.1. The van der Waals surface area contributed by atoms with Crippen LogP contribution in [0.15, 0.2) is 66.0 Å². The number of thioether (sulfide) groups is 1. The van der Waals surface area contributed by atoms with Gasteiger partial charge in [0.2, 0.25) is 5.91 Å². The minimum Gasteiger partial charge on any atom is -0.378 e. The molecule has 2 amide bonds. The molecular weight excluding hydrogens is 402 g/mol. The van der Waals surface area contributed by atoms with Crippen LogP contribution < -0.4 is 15.1 Å². The van der Waals surface area contributed by atoms with Gasteiger partial charge in [-0.2, -0.15) is 0 Å². The second-order valence-electron chi connectivity index (χ2n) is 6.89. The van der Waals surface area contributed by atoms with Gasteiger partial charge in [0.05, 0.1) is 10.6 Å². The quantitative estimate of drug-likeness (QED) is 0.638. The second-order valence-corrected chi connectivity index (χ2v) is 8.91. The van der Waals surface area contributed by atoms with Crippen molar-refractivity contribution in [1.29, 1.82) is 0 Å². The van der Waals surface area contributed by atoms with Crippen LogP contribution in [0.2, 0.25) is 0 Å². The summed E-state index contributed by atoms with van der Waals surface area (Å²) in [6.07, 6.45) is 0. The van der Waals surface area contributed by atoms with E-state index in [-0.39, 0.29) is 17.2 Å². The van der Waals surface area contributed by atoms with Gasteiger partial charge >= 0.3 is 0 Å². The molecule has 0 aliphatic carbocycles. The summed E-state index contributed by atoms with van der Waals surface area (Å²) in [5, 5.41) is 4.72. The summed E-state index contributed by atoms with van der Waals surface area (Å²) < 4.78 is 0. The molecule has 1 N–H and O–H groups in total. The first-order chi connectivity index (χ1) is 14.0. The number of nitrogens with one attached hydrogen (secondary N) is 1. The van der Waals surface area contributed by atoms with E-state index in [0.717, 1.165) is 22.6 Å². The number of carbonyl (C=O) groups is 2. The molecule has 3 aromatic rings. The summed E-state index contributed by atoms with van der Waals surface area (Å²) in [4.78, 5) is 29.3. The van der Waals surface area contributed by atoms with Crippen molar-refractivity contribution in [3.8, 4) is 0 Å². The number of amides is 2. The van der Waals surface area contributed by atoms with E-state index >= 15 is 0 Å². The molecular formula is C22H21N3O2S2. The first-order valence-electron chi connectivity index (χ1n) is 9.19. The van der Waals surface area contributed by atoms with E-state index in [1.165, 1.54) is 11.3 Å². The summed E-state index contributed by atoms with van der Waals surface area (Å²) in [5.74, 6) is 0.449. The van der Waals surface area contributed by atoms with E-state index in [1.54, 1.807) is 17.8 Å². The Bertz CT molecular complexity index is 1000. The van der Waals surface area contributed by atoms with Gasteiger partial charge in [-0.3, -0.25) is 14.5 Å². The normalized spacial score (nSPS) is 16.1. The Morgan fingerprint density at radius 1 is 1.07 bits per heavy atom. The molecule has 1 aliphatic rings. The van der Waals surface area contributed by atoms with E-state index < -0.39 is 0 Å². The lowest BCUT2D eigenvalue weighted by atomic mass is 10.1. The molecule has 0 unspecified atom stereocenters. The molecule has 0 radical (unpaired) electrons. The summed E-state index contributed by atoms with van der Waals surface area (Å²) in [6.45, 7) is 0. The first kappa shape index (κ1) is 19.5. The minimum absolute atomic E-state index is 0.0743. The Morgan fingerprint density at radius 3 is 2.41 bits per heavy atom. The summed E-state index contributed by atoms with van der Waals surface area (Å²) >= 11 is 3.03. The number of hydrogen-bond donors (Lipinski definition) is 1. The molecule has 0 saturated carbocycles. The van der Waals surface area contributed by atoms with Crippen molar-refractivity contribution in [2.45, 2.75) is 5.37 Å². The van der Waals surface area contributed by atoms with Crippen LogP contribution >= 0.6 is 23.1 Å². The van der Waals surface area contributed by atoms with Crippen molar-refractivity contribution < 1.29 is 9.59 Å². The van der Waals surface area contributed by atoms with Crippen LogP contribution in [-0.2, 0) is 4.79 Å². The molecule has 29 heavy (non-hydrogen) atoms. The van der Waals surface area contributed by atoms with Crippen LogP contribution in [0.1, 0.15) is 20.6 Å². The van der Waals surface area contributed by atoms with Gasteiger partial charge in [0.1, 0.15) is 5.37 Å². The fourth-order valence-electron chi connectivity index (χ4n) is 3.19. The monoisotopic (exact) mass is 423 g/mol. The van der Waals surface area contributed by atoms with Gasteiger partial charge in [0.15, 0.2) is 0 Å². The number of hydrogen-bond acceptors (Lipinski definition) is 5. The highest BCUT2D eigenvalue weighted by molar-refractivity contribution is 8.00. The van der Waals surface area contributed by atoms with Gasteiger partial charge in [0, 0.05) is 31.2 Å². The number of carbonyl (C=O) groups excluding carboxylic acids is 2. The Labute approximate surface area is 178 Å². The van der Waals surface area contributed by atoms with Crippen molar-refractivity contribution in [1.82, 2.24) is 0 Å². The maximum Gasteiger partial charge on any atom is 0.265 e. The van der Waals surface area contributed by atoms with Gasteiger partial charge < -0.3 is 10.2 Å². The maximum atomic E-state index is 12.6. The zero-order valence-electron chi connectivity index (χ0n) is 16.2. The number of thiophene rings is 1. The van der Waals surface area contributed by atoms with Crippen molar-refractivity contribution in [3.05, 3.63) is 76.5 Å². The maximum absolute atomic E-state index is 12.6. The van der Waals surface area contributed by atoms with Gasteiger partial charge in [-0.25, -0.2) is 0 Å². The van der Waals surface area contributed by atoms with Crippen molar-refractivity contribution in [3.63, 3.8) is 0 Å². The van der Waals surface area contributed by atoms with Crippen molar-refractivity contribution in [2.75, 3.05) is 35.0 Å². The summed E-state index contributed by atoms with van der Waals surface area (Å²) in [7, 11) is 3.99. The zero-order valence-corrected chi connectivity index (χ0v) is 17.8. The minimum atomic E-state index is -0.110. The van der Waals surface area contributed by atoms with E-state index in [1.807, 2.05) is 83.9 Å². The molecule has 1 fully saturated rings. The van der Waals surface area contributed by atoms with Crippen LogP contribution in [0.25, 0.3) is 0 Å². The SMILES string of the molecule is CN(C)c1ccc(N2C(=O)CS[C@H]2c2ccc(NC(=O)c3cccs3)cc2)cc1. The molecule has 1 aliphatic heterocycles. The summed E-state index contributed by atoms with van der Waals surface area (Å²) in [6, 6.07) is 19.4. The van der Waals surface area contributed by atoms with Crippen molar-refractivity contribution >= 4 is 52.0 Å². The van der Waals surface area contributed by atoms with E-state index in [9.17, 15) is 9.59 Å². The van der Waals surface area contributed by atoms with Crippen LogP contribution in [0, 0.1) is 0 Å². The molecule has 2 aromatic carbocycles. The third-order valence-electron chi connectivity index (χ3n) is 4.71. The molecule has 148 valence electrons. The highest BCUT2D eigenvalue weighted by Crippen LogP contribution is 2.42. The average Bonchev–Trinajstić information content (AvgIpc) is 3.39. The molecule has 1 aromatic heterocycles. The Hall–Kier alpha value is -2.77. The molecule has 1 saturated heterocycles. The zero-order chi connectivity index (χ0) is 20.4. The van der Waals surface area contributed by atoms with Crippen LogP contribution in [0.5, 0.6) is 0 Å².